The van der Waals surface area contributed by atoms with Crippen LogP contribution in [0.25, 0.3) is 0 Å². The Kier molecular flexibility index (Phi) is 4.63. The van der Waals surface area contributed by atoms with Gasteiger partial charge in [-0.15, -0.1) is 0 Å². The van der Waals surface area contributed by atoms with E-state index in [2.05, 4.69) is 20.8 Å². The van der Waals surface area contributed by atoms with Crippen LogP contribution in [0.1, 0.15) is 50.4 Å². The molecule has 1 heterocycles. The van der Waals surface area contributed by atoms with Gasteiger partial charge in [0.1, 0.15) is 12.4 Å². The van der Waals surface area contributed by atoms with Crippen LogP contribution in [-0.4, -0.2) is 12.1 Å². The molecule has 0 bridgehead atoms. The Morgan fingerprint density at radius 1 is 1.35 bits per heavy atom. The number of carbonyl (C=O) groups is 1. The summed E-state index contributed by atoms with van der Waals surface area (Å²) in [5, 5.41) is 0. The van der Waals surface area contributed by atoms with Gasteiger partial charge >= 0.3 is 11.6 Å². The lowest BCUT2D eigenvalue weighted by molar-refractivity contribution is -0.00971. The highest BCUT2D eigenvalue weighted by atomic mass is 16.5. The fourth-order valence-corrected chi connectivity index (χ4v) is 2.76. The molecule has 3 atom stereocenters. The standard InChI is InChI=1S/C16H22O4/c1-10(2)12-5-4-11(3)14(8-12)20-16(18)13-6-7-15(17)19-9-13/h6-7,9-12,14H,4-5,8H2,1-3H3. The Balaban J connectivity index is 2.02. The van der Waals surface area contributed by atoms with E-state index in [1.54, 1.807) is 0 Å². The van der Waals surface area contributed by atoms with Crippen molar-refractivity contribution >= 4 is 5.97 Å². The SMILES string of the molecule is CC(C)C1CCC(C)C(OC(=O)c2ccc(=O)oc2)C1. The zero-order chi connectivity index (χ0) is 14.7. The Morgan fingerprint density at radius 3 is 2.70 bits per heavy atom. The number of rotatable bonds is 3. The number of carbonyl (C=O) groups excluding carboxylic acids is 1. The average molecular weight is 278 g/mol. The maximum Gasteiger partial charge on any atom is 0.341 e. The van der Waals surface area contributed by atoms with Gasteiger partial charge in [0, 0.05) is 6.07 Å². The summed E-state index contributed by atoms with van der Waals surface area (Å²) in [6.45, 7) is 6.55. The molecule has 0 aromatic carbocycles. The van der Waals surface area contributed by atoms with E-state index < -0.39 is 11.6 Å². The van der Waals surface area contributed by atoms with Crippen molar-refractivity contribution in [2.24, 2.45) is 17.8 Å². The third-order valence-electron chi connectivity index (χ3n) is 4.30. The van der Waals surface area contributed by atoms with Crippen LogP contribution >= 0.6 is 0 Å². The van der Waals surface area contributed by atoms with Crippen LogP contribution in [0.3, 0.4) is 0 Å². The maximum absolute atomic E-state index is 12.1. The molecule has 2 rings (SSSR count). The molecular formula is C16H22O4. The minimum atomic E-state index is -0.465. The van der Waals surface area contributed by atoms with Crippen molar-refractivity contribution in [2.75, 3.05) is 0 Å². The number of hydrogen-bond donors (Lipinski definition) is 0. The minimum Gasteiger partial charge on any atom is -0.458 e. The van der Waals surface area contributed by atoms with Gasteiger partial charge in [-0.2, -0.15) is 0 Å². The van der Waals surface area contributed by atoms with Crippen LogP contribution in [0, 0.1) is 17.8 Å². The largest absolute Gasteiger partial charge is 0.458 e. The average Bonchev–Trinajstić information content (AvgIpc) is 2.41. The number of esters is 1. The van der Waals surface area contributed by atoms with Crippen molar-refractivity contribution in [3.63, 3.8) is 0 Å². The lowest BCUT2D eigenvalue weighted by Crippen LogP contribution is -2.34. The summed E-state index contributed by atoms with van der Waals surface area (Å²) in [6.07, 6.45) is 4.33. The highest BCUT2D eigenvalue weighted by molar-refractivity contribution is 5.88. The third-order valence-corrected chi connectivity index (χ3v) is 4.30. The molecular weight excluding hydrogens is 256 g/mol. The van der Waals surface area contributed by atoms with Crippen LogP contribution in [0.2, 0.25) is 0 Å². The van der Waals surface area contributed by atoms with Gasteiger partial charge < -0.3 is 9.15 Å². The van der Waals surface area contributed by atoms with Crippen molar-refractivity contribution in [1.82, 2.24) is 0 Å². The van der Waals surface area contributed by atoms with E-state index in [-0.39, 0.29) is 6.10 Å². The molecule has 1 aromatic heterocycles. The second-order valence-electron chi connectivity index (χ2n) is 6.08. The molecule has 1 fully saturated rings. The Bertz CT molecular complexity index is 497. The first kappa shape index (κ1) is 14.8. The summed E-state index contributed by atoms with van der Waals surface area (Å²) >= 11 is 0. The molecule has 1 saturated carbocycles. The van der Waals surface area contributed by atoms with Gasteiger partial charge in [-0.05, 0) is 43.1 Å². The smallest absolute Gasteiger partial charge is 0.341 e. The Hall–Kier alpha value is -1.58. The summed E-state index contributed by atoms with van der Waals surface area (Å²) in [6, 6.07) is 2.68. The highest BCUT2D eigenvalue weighted by Gasteiger charge is 2.32. The van der Waals surface area contributed by atoms with Crippen LogP contribution in [0.5, 0.6) is 0 Å². The maximum atomic E-state index is 12.1. The molecule has 1 aliphatic rings. The normalized spacial score (nSPS) is 26.5. The number of ether oxygens (including phenoxy) is 1. The lowest BCUT2D eigenvalue weighted by atomic mass is 9.76. The monoisotopic (exact) mass is 278 g/mol. The van der Waals surface area contributed by atoms with E-state index in [9.17, 15) is 9.59 Å². The van der Waals surface area contributed by atoms with E-state index >= 15 is 0 Å². The lowest BCUT2D eigenvalue weighted by Gasteiger charge is -2.35. The summed E-state index contributed by atoms with van der Waals surface area (Å²) in [7, 11) is 0. The van der Waals surface area contributed by atoms with Crippen molar-refractivity contribution in [1.29, 1.82) is 0 Å². The van der Waals surface area contributed by atoms with Crippen molar-refractivity contribution in [3.05, 3.63) is 34.4 Å². The van der Waals surface area contributed by atoms with Gasteiger partial charge in [-0.3, -0.25) is 0 Å². The molecule has 0 spiro atoms. The Labute approximate surface area is 119 Å². The van der Waals surface area contributed by atoms with Crippen molar-refractivity contribution in [2.45, 2.75) is 46.1 Å². The molecule has 0 N–H and O–H groups in total. The summed E-state index contributed by atoms with van der Waals surface area (Å²) in [4.78, 5) is 22.9. The molecule has 1 aliphatic carbocycles. The second kappa shape index (κ2) is 6.25. The molecule has 20 heavy (non-hydrogen) atoms. The molecule has 4 nitrogen and oxygen atoms in total. The van der Waals surface area contributed by atoms with Gasteiger partial charge in [0.25, 0.3) is 0 Å². The second-order valence-corrected chi connectivity index (χ2v) is 6.08. The molecule has 110 valence electrons. The first-order valence-corrected chi connectivity index (χ1v) is 7.27. The fraction of sp³-hybridized carbons (Fsp3) is 0.625. The predicted molar refractivity (Wildman–Crippen MR) is 75.5 cm³/mol. The van der Waals surface area contributed by atoms with Crippen LogP contribution in [0.4, 0.5) is 0 Å². The van der Waals surface area contributed by atoms with Crippen LogP contribution in [0.15, 0.2) is 27.6 Å². The molecule has 0 amide bonds. The van der Waals surface area contributed by atoms with Gasteiger partial charge in [0.05, 0.1) is 5.56 Å². The fourth-order valence-electron chi connectivity index (χ4n) is 2.76. The molecule has 3 unspecified atom stereocenters. The zero-order valence-electron chi connectivity index (χ0n) is 12.3. The molecule has 0 saturated heterocycles. The van der Waals surface area contributed by atoms with E-state index in [0.29, 0.717) is 23.3 Å². The van der Waals surface area contributed by atoms with Crippen molar-refractivity contribution < 1.29 is 13.9 Å². The van der Waals surface area contributed by atoms with Gasteiger partial charge in [0.2, 0.25) is 0 Å². The molecule has 0 aliphatic heterocycles. The van der Waals surface area contributed by atoms with Crippen LogP contribution < -0.4 is 5.63 Å². The number of hydrogen-bond acceptors (Lipinski definition) is 4. The van der Waals surface area contributed by atoms with Crippen LogP contribution in [-0.2, 0) is 4.74 Å². The zero-order valence-corrected chi connectivity index (χ0v) is 12.3. The summed E-state index contributed by atoms with van der Waals surface area (Å²) < 4.78 is 10.3. The van der Waals surface area contributed by atoms with E-state index in [1.165, 1.54) is 18.6 Å². The molecule has 1 aromatic rings. The quantitative estimate of drug-likeness (QED) is 0.796. The van der Waals surface area contributed by atoms with E-state index in [1.807, 2.05) is 0 Å². The third kappa shape index (κ3) is 3.50. The predicted octanol–water partition coefficient (Wildman–Crippen LogP) is 3.26. The van der Waals surface area contributed by atoms with Crippen molar-refractivity contribution in [3.8, 4) is 0 Å². The van der Waals surface area contributed by atoms with E-state index in [0.717, 1.165) is 19.1 Å². The summed E-state index contributed by atoms with van der Waals surface area (Å²) in [5.41, 5.74) is -0.170. The minimum absolute atomic E-state index is 0.0458. The molecule has 4 heteroatoms. The molecule has 0 radical (unpaired) electrons. The first-order chi connectivity index (χ1) is 9.47. The van der Waals surface area contributed by atoms with Gasteiger partial charge in [-0.1, -0.05) is 20.8 Å². The first-order valence-electron chi connectivity index (χ1n) is 7.27. The van der Waals surface area contributed by atoms with Gasteiger partial charge in [0.15, 0.2) is 0 Å². The van der Waals surface area contributed by atoms with E-state index in [4.69, 9.17) is 9.15 Å². The summed E-state index contributed by atoms with van der Waals surface area (Å²) in [5.74, 6) is 1.19. The Morgan fingerprint density at radius 2 is 2.10 bits per heavy atom. The van der Waals surface area contributed by atoms with Gasteiger partial charge in [-0.25, -0.2) is 9.59 Å². The highest BCUT2D eigenvalue weighted by Crippen LogP contribution is 2.35. The topological polar surface area (TPSA) is 56.5 Å².